The van der Waals surface area contributed by atoms with Crippen LogP contribution in [-0.4, -0.2) is 12.1 Å². The minimum atomic E-state index is -4.61. The summed E-state index contributed by atoms with van der Waals surface area (Å²) in [7, 11) is 0. The maximum Gasteiger partial charge on any atom is 0.413 e. The lowest BCUT2D eigenvalue weighted by Crippen LogP contribution is -2.09. The Morgan fingerprint density at radius 2 is 1.52 bits per heavy atom. The number of hydrogen-bond donors (Lipinski definition) is 0. The summed E-state index contributed by atoms with van der Waals surface area (Å²) in [6, 6.07) is 11.9. The van der Waals surface area contributed by atoms with E-state index in [0.29, 0.717) is 5.02 Å². The van der Waals surface area contributed by atoms with E-state index >= 15 is 0 Å². The predicted molar refractivity (Wildman–Crippen MR) is 82.1 cm³/mol. The molecule has 0 heterocycles. The first-order chi connectivity index (χ1) is 10.7. The van der Waals surface area contributed by atoms with Gasteiger partial charge in [-0.1, -0.05) is 41.4 Å². The number of carbonyl (C=O) groups is 1. The number of aryl methyl sites for hydroxylation is 1. The average Bonchev–Trinajstić information content (AvgIpc) is 2.46. The molecule has 0 aliphatic rings. The van der Waals surface area contributed by atoms with Gasteiger partial charge in [0.2, 0.25) is 0 Å². The highest BCUT2D eigenvalue weighted by Crippen LogP contribution is 2.26. The van der Waals surface area contributed by atoms with Crippen LogP contribution >= 0.6 is 11.6 Å². The number of carbonyl (C=O) groups excluding carboxylic acids is 1. The minimum absolute atomic E-state index is 0.0362. The van der Waals surface area contributed by atoms with Gasteiger partial charge in [0.15, 0.2) is 0 Å². The van der Waals surface area contributed by atoms with Gasteiger partial charge in [-0.3, -0.25) is 0 Å². The third-order valence-electron chi connectivity index (χ3n) is 2.91. The molecule has 2 nitrogen and oxygen atoms in total. The zero-order chi connectivity index (χ0) is 17.0. The molecule has 0 amide bonds. The Kier molecular flexibility index (Phi) is 5.11. The fraction of sp³-hybridized carbons (Fsp3) is 0.118. The molecule has 0 atom stereocenters. The Morgan fingerprint density at radius 3 is 2.04 bits per heavy atom. The lowest BCUT2D eigenvalue weighted by molar-refractivity contribution is -0.0802. The van der Waals surface area contributed by atoms with Gasteiger partial charge in [0, 0.05) is 10.6 Å². The smallest absolute Gasteiger partial charge is 0.413 e. The van der Waals surface area contributed by atoms with Crippen LogP contribution in [0.15, 0.2) is 54.6 Å². The molecule has 120 valence electrons. The monoisotopic (exact) mass is 340 g/mol. The highest BCUT2D eigenvalue weighted by atomic mass is 35.5. The molecule has 0 saturated heterocycles. The zero-order valence-corrected chi connectivity index (χ0v) is 12.8. The van der Waals surface area contributed by atoms with Gasteiger partial charge in [0.1, 0.15) is 5.76 Å². The number of alkyl halides is 3. The Balaban J connectivity index is 2.31. The zero-order valence-electron chi connectivity index (χ0n) is 12.0. The second kappa shape index (κ2) is 6.87. The SMILES string of the molecule is Cc1ccc(/C(=C\C(F)(F)F)OC(=O)c2ccc(Cl)cc2)cc1. The van der Waals surface area contributed by atoms with Gasteiger partial charge in [-0.25, -0.2) is 4.79 Å². The van der Waals surface area contributed by atoms with E-state index in [9.17, 15) is 18.0 Å². The van der Waals surface area contributed by atoms with Crippen LogP contribution in [0.1, 0.15) is 21.5 Å². The molecule has 0 fully saturated rings. The maximum atomic E-state index is 12.7. The van der Waals surface area contributed by atoms with Crippen LogP contribution in [0.3, 0.4) is 0 Å². The number of esters is 1. The van der Waals surface area contributed by atoms with Crippen LogP contribution in [-0.2, 0) is 4.74 Å². The van der Waals surface area contributed by atoms with Gasteiger partial charge in [-0.15, -0.1) is 0 Å². The molecule has 0 aromatic heterocycles. The Bertz CT molecular complexity index is 717. The number of benzene rings is 2. The van der Waals surface area contributed by atoms with Crippen LogP contribution in [0.4, 0.5) is 13.2 Å². The lowest BCUT2D eigenvalue weighted by atomic mass is 10.1. The molecule has 0 bridgehead atoms. The molecule has 2 aromatic carbocycles. The van der Waals surface area contributed by atoms with Crippen molar-refractivity contribution < 1.29 is 22.7 Å². The third kappa shape index (κ3) is 5.14. The number of ether oxygens (including phenoxy) is 1. The third-order valence-corrected chi connectivity index (χ3v) is 3.17. The summed E-state index contributed by atoms with van der Waals surface area (Å²) < 4.78 is 43.0. The molecule has 2 aromatic rings. The summed E-state index contributed by atoms with van der Waals surface area (Å²) in [5.41, 5.74) is 1.15. The summed E-state index contributed by atoms with van der Waals surface area (Å²) in [4.78, 5) is 12.0. The quantitative estimate of drug-likeness (QED) is 0.551. The molecule has 2 rings (SSSR count). The molecule has 0 saturated carbocycles. The summed E-state index contributed by atoms with van der Waals surface area (Å²) in [6.07, 6.45) is -4.65. The van der Waals surface area contributed by atoms with Gasteiger partial charge < -0.3 is 4.74 Å². The summed E-state index contributed by atoms with van der Waals surface area (Å²) in [6.45, 7) is 1.80. The van der Waals surface area contributed by atoms with Crippen molar-refractivity contribution >= 4 is 23.3 Å². The fourth-order valence-electron chi connectivity index (χ4n) is 1.78. The van der Waals surface area contributed by atoms with E-state index in [1.54, 1.807) is 19.1 Å². The maximum absolute atomic E-state index is 12.7. The minimum Gasteiger partial charge on any atom is -0.422 e. The van der Waals surface area contributed by atoms with Gasteiger partial charge in [0.05, 0.1) is 11.6 Å². The van der Waals surface area contributed by atoms with Crippen molar-refractivity contribution in [3.8, 4) is 0 Å². The standard InChI is InChI=1S/C17H12ClF3O2/c1-11-2-4-12(5-3-11)15(10-17(19,20)21)23-16(22)13-6-8-14(18)9-7-13/h2-10H,1H3/b15-10+. The van der Waals surface area contributed by atoms with E-state index in [-0.39, 0.29) is 17.2 Å². The molecule has 23 heavy (non-hydrogen) atoms. The summed E-state index contributed by atoms with van der Waals surface area (Å²) in [5.74, 6) is -1.45. The van der Waals surface area contributed by atoms with Crippen molar-refractivity contribution in [3.63, 3.8) is 0 Å². The normalized spacial score (nSPS) is 12.1. The highest BCUT2D eigenvalue weighted by molar-refractivity contribution is 6.30. The highest BCUT2D eigenvalue weighted by Gasteiger charge is 2.27. The average molecular weight is 341 g/mol. The van der Waals surface area contributed by atoms with Crippen molar-refractivity contribution in [3.05, 3.63) is 76.3 Å². The second-order valence-electron chi connectivity index (χ2n) is 4.81. The van der Waals surface area contributed by atoms with Crippen LogP contribution in [0.2, 0.25) is 5.02 Å². The van der Waals surface area contributed by atoms with Crippen LogP contribution in [0.5, 0.6) is 0 Å². The Labute approximate surface area is 136 Å². The van der Waals surface area contributed by atoms with E-state index in [1.165, 1.54) is 36.4 Å². The van der Waals surface area contributed by atoms with Crippen molar-refractivity contribution in [1.82, 2.24) is 0 Å². The number of hydrogen-bond acceptors (Lipinski definition) is 2. The second-order valence-corrected chi connectivity index (χ2v) is 5.25. The summed E-state index contributed by atoms with van der Waals surface area (Å²) in [5, 5.41) is 0.408. The molecule has 0 aliphatic carbocycles. The Morgan fingerprint density at radius 1 is 1.00 bits per heavy atom. The van der Waals surface area contributed by atoms with Crippen molar-refractivity contribution in [2.45, 2.75) is 13.1 Å². The van der Waals surface area contributed by atoms with Gasteiger partial charge in [-0.2, -0.15) is 13.2 Å². The van der Waals surface area contributed by atoms with Crippen molar-refractivity contribution in [2.75, 3.05) is 0 Å². The first-order valence-electron chi connectivity index (χ1n) is 6.59. The topological polar surface area (TPSA) is 26.3 Å². The molecule has 6 heteroatoms. The first-order valence-corrected chi connectivity index (χ1v) is 6.97. The van der Waals surface area contributed by atoms with E-state index in [1.807, 2.05) is 0 Å². The van der Waals surface area contributed by atoms with Gasteiger partial charge in [-0.05, 0) is 31.2 Å². The van der Waals surface area contributed by atoms with E-state index in [0.717, 1.165) is 5.56 Å². The molecular weight excluding hydrogens is 329 g/mol. The molecule has 0 unspecified atom stereocenters. The van der Waals surface area contributed by atoms with E-state index in [4.69, 9.17) is 16.3 Å². The predicted octanol–water partition coefficient (Wildman–Crippen LogP) is 5.41. The van der Waals surface area contributed by atoms with Gasteiger partial charge >= 0.3 is 12.1 Å². The molecule has 0 aliphatic heterocycles. The number of halogens is 4. The molecule has 0 radical (unpaired) electrons. The van der Waals surface area contributed by atoms with Crippen LogP contribution in [0, 0.1) is 6.92 Å². The van der Waals surface area contributed by atoms with Crippen LogP contribution < -0.4 is 0 Å². The fourth-order valence-corrected chi connectivity index (χ4v) is 1.91. The van der Waals surface area contributed by atoms with Crippen molar-refractivity contribution in [1.29, 1.82) is 0 Å². The van der Waals surface area contributed by atoms with Gasteiger partial charge in [0.25, 0.3) is 0 Å². The van der Waals surface area contributed by atoms with Crippen LogP contribution in [0.25, 0.3) is 5.76 Å². The molecule has 0 spiro atoms. The molecule has 0 N–H and O–H groups in total. The Hall–Kier alpha value is -2.27. The lowest BCUT2D eigenvalue weighted by Gasteiger charge is -2.11. The number of allylic oxidation sites excluding steroid dienone is 1. The van der Waals surface area contributed by atoms with E-state index < -0.39 is 17.9 Å². The summed E-state index contributed by atoms with van der Waals surface area (Å²) >= 11 is 5.71. The first kappa shape index (κ1) is 17.1. The van der Waals surface area contributed by atoms with Crippen molar-refractivity contribution in [2.24, 2.45) is 0 Å². The van der Waals surface area contributed by atoms with E-state index in [2.05, 4.69) is 0 Å². The number of rotatable bonds is 3. The molecular formula is C17H12ClF3O2. The largest absolute Gasteiger partial charge is 0.422 e.